The molecule has 0 saturated carbocycles. The van der Waals surface area contributed by atoms with E-state index < -0.39 is 0 Å². The zero-order valence-electron chi connectivity index (χ0n) is 15.4. The van der Waals surface area contributed by atoms with Crippen molar-refractivity contribution in [3.8, 4) is 51.5 Å². The molecule has 0 aliphatic carbocycles. The van der Waals surface area contributed by atoms with Gasteiger partial charge in [-0.25, -0.2) is 4.98 Å². The lowest BCUT2D eigenvalue weighted by Crippen LogP contribution is -2.00. The second-order valence-corrected chi connectivity index (χ2v) is 5.93. The number of benzene rings is 2. The SMILES string of the molecule is CCOc1cc(-c2cc(-c3ccc(O)c(OC)c3)nc(N)c2C#N)ccc1O. The zero-order chi connectivity index (χ0) is 20.3. The maximum absolute atomic E-state index is 9.95. The van der Waals surface area contributed by atoms with Gasteiger partial charge in [-0.05, 0) is 48.9 Å². The van der Waals surface area contributed by atoms with Gasteiger partial charge < -0.3 is 25.4 Å². The second-order valence-electron chi connectivity index (χ2n) is 5.93. The third-order valence-corrected chi connectivity index (χ3v) is 4.21. The van der Waals surface area contributed by atoms with E-state index in [4.69, 9.17) is 15.2 Å². The Morgan fingerprint density at radius 1 is 1.04 bits per heavy atom. The fraction of sp³-hybridized carbons (Fsp3) is 0.143. The van der Waals surface area contributed by atoms with E-state index in [1.165, 1.54) is 19.2 Å². The number of phenolic OH excluding ortho intramolecular Hbond substituents is 2. The number of hydrogen-bond donors (Lipinski definition) is 3. The molecule has 2 aromatic carbocycles. The van der Waals surface area contributed by atoms with Gasteiger partial charge in [-0.3, -0.25) is 0 Å². The van der Waals surface area contributed by atoms with Crippen molar-refractivity contribution in [1.29, 1.82) is 5.26 Å². The summed E-state index contributed by atoms with van der Waals surface area (Å²) in [5.41, 5.74) is 8.64. The van der Waals surface area contributed by atoms with Gasteiger partial charge in [0.1, 0.15) is 17.5 Å². The van der Waals surface area contributed by atoms with Crippen molar-refractivity contribution in [2.75, 3.05) is 19.5 Å². The van der Waals surface area contributed by atoms with E-state index in [1.54, 1.807) is 30.3 Å². The van der Waals surface area contributed by atoms with Gasteiger partial charge in [0.25, 0.3) is 0 Å². The Morgan fingerprint density at radius 2 is 1.68 bits per heavy atom. The van der Waals surface area contributed by atoms with Crippen LogP contribution in [0.3, 0.4) is 0 Å². The highest BCUT2D eigenvalue weighted by molar-refractivity contribution is 5.81. The van der Waals surface area contributed by atoms with E-state index in [0.29, 0.717) is 40.5 Å². The summed E-state index contributed by atoms with van der Waals surface area (Å²) >= 11 is 0. The average Bonchev–Trinajstić information content (AvgIpc) is 2.69. The van der Waals surface area contributed by atoms with E-state index in [9.17, 15) is 15.5 Å². The molecule has 1 heterocycles. The number of nitriles is 1. The minimum atomic E-state index is 0.00739. The molecule has 0 radical (unpaired) electrons. The van der Waals surface area contributed by atoms with Gasteiger partial charge in [0, 0.05) is 11.1 Å². The van der Waals surface area contributed by atoms with Crippen LogP contribution in [0.2, 0.25) is 0 Å². The molecule has 7 nitrogen and oxygen atoms in total. The smallest absolute Gasteiger partial charge is 0.161 e. The van der Waals surface area contributed by atoms with Crippen molar-refractivity contribution >= 4 is 5.82 Å². The summed E-state index contributed by atoms with van der Waals surface area (Å²) < 4.78 is 10.6. The lowest BCUT2D eigenvalue weighted by molar-refractivity contribution is 0.318. The molecule has 0 amide bonds. The number of nitrogens with two attached hydrogens (primary N) is 1. The van der Waals surface area contributed by atoms with Gasteiger partial charge in [0.05, 0.1) is 19.4 Å². The van der Waals surface area contributed by atoms with E-state index in [1.807, 2.05) is 6.92 Å². The van der Waals surface area contributed by atoms with E-state index in [2.05, 4.69) is 11.1 Å². The first-order chi connectivity index (χ1) is 13.5. The summed E-state index contributed by atoms with van der Waals surface area (Å²) in [6.45, 7) is 2.20. The van der Waals surface area contributed by atoms with Gasteiger partial charge in [-0.1, -0.05) is 6.07 Å². The first-order valence-corrected chi connectivity index (χ1v) is 8.52. The maximum atomic E-state index is 9.95. The molecule has 4 N–H and O–H groups in total. The van der Waals surface area contributed by atoms with Crippen molar-refractivity contribution in [3.05, 3.63) is 48.0 Å². The fourth-order valence-electron chi connectivity index (χ4n) is 2.85. The van der Waals surface area contributed by atoms with Gasteiger partial charge in [-0.15, -0.1) is 0 Å². The molecule has 0 fully saturated rings. The lowest BCUT2D eigenvalue weighted by atomic mass is 9.98. The van der Waals surface area contributed by atoms with Crippen molar-refractivity contribution < 1.29 is 19.7 Å². The molecule has 3 rings (SSSR count). The van der Waals surface area contributed by atoms with Crippen LogP contribution in [0.15, 0.2) is 42.5 Å². The molecule has 0 unspecified atom stereocenters. The molecule has 0 aliphatic heterocycles. The normalized spacial score (nSPS) is 10.3. The largest absolute Gasteiger partial charge is 0.504 e. The predicted octanol–water partition coefficient (Wildman–Crippen LogP) is 3.69. The van der Waals surface area contributed by atoms with Crippen molar-refractivity contribution in [3.63, 3.8) is 0 Å². The molecule has 0 spiro atoms. The van der Waals surface area contributed by atoms with Crippen molar-refractivity contribution in [1.82, 2.24) is 4.98 Å². The molecule has 1 aromatic heterocycles. The number of rotatable bonds is 5. The number of aromatic nitrogens is 1. The second kappa shape index (κ2) is 7.76. The predicted molar refractivity (Wildman–Crippen MR) is 105 cm³/mol. The standard InChI is InChI=1S/C21H19N3O4/c1-3-28-20-8-12(4-6-18(20)26)14-10-16(24-21(23)15(14)11-22)13-5-7-17(25)19(9-13)27-2/h4-10,25-26H,3H2,1-2H3,(H2,23,24). The number of methoxy groups -OCH3 is 1. The summed E-state index contributed by atoms with van der Waals surface area (Å²) in [6, 6.07) is 13.4. The number of hydrogen-bond acceptors (Lipinski definition) is 7. The van der Waals surface area contributed by atoms with Crippen LogP contribution in [0.4, 0.5) is 5.82 Å². The monoisotopic (exact) mass is 377 g/mol. The Morgan fingerprint density at radius 3 is 2.32 bits per heavy atom. The molecule has 7 heteroatoms. The summed E-state index contributed by atoms with van der Waals surface area (Å²) in [7, 11) is 1.45. The highest BCUT2D eigenvalue weighted by Crippen LogP contribution is 2.37. The van der Waals surface area contributed by atoms with Crippen LogP contribution in [0.5, 0.6) is 23.0 Å². The van der Waals surface area contributed by atoms with Crippen LogP contribution in [0, 0.1) is 11.3 Å². The quantitative estimate of drug-likeness (QED) is 0.620. The van der Waals surface area contributed by atoms with Gasteiger partial charge in [-0.2, -0.15) is 5.26 Å². The number of anilines is 1. The first kappa shape index (κ1) is 18.9. The van der Waals surface area contributed by atoms with Crippen molar-refractivity contribution in [2.24, 2.45) is 0 Å². The topological polar surface area (TPSA) is 122 Å². The Hall–Kier alpha value is -3.92. The van der Waals surface area contributed by atoms with Crippen LogP contribution in [0.1, 0.15) is 12.5 Å². The van der Waals surface area contributed by atoms with Crippen LogP contribution >= 0.6 is 0 Å². The zero-order valence-corrected chi connectivity index (χ0v) is 15.4. The number of nitrogen functional groups attached to an aromatic ring is 1. The van der Waals surface area contributed by atoms with Gasteiger partial charge in [0.2, 0.25) is 0 Å². The fourth-order valence-corrected chi connectivity index (χ4v) is 2.85. The Balaban J connectivity index is 2.20. The van der Waals surface area contributed by atoms with Crippen molar-refractivity contribution in [2.45, 2.75) is 6.92 Å². The van der Waals surface area contributed by atoms with E-state index in [0.717, 1.165) is 0 Å². The average molecular weight is 377 g/mol. The molecule has 0 atom stereocenters. The van der Waals surface area contributed by atoms with Crippen LogP contribution in [-0.4, -0.2) is 28.9 Å². The summed E-state index contributed by atoms with van der Waals surface area (Å²) in [6.07, 6.45) is 0. The molecule has 142 valence electrons. The Kier molecular flexibility index (Phi) is 5.23. The molecule has 3 aromatic rings. The summed E-state index contributed by atoms with van der Waals surface area (Å²) in [5.74, 6) is 0.704. The van der Waals surface area contributed by atoms with Gasteiger partial charge >= 0.3 is 0 Å². The molecular formula is C21H19N3O4. The summed E-state index contributed by atoms with van der Waals surface area (Å²) in [5, 5.41) is 29.3. The van der Waals surface area contributed by atoms with Crippen LogP contribution < -0.4 is 15.2 Å². The molecule has 28 heavy (non-hydrogen) atoms. The molecule has 0 bridgehead atoms. The maximum Gasteiger partial charge on any atom is 0.161 e. The number of ether oxygens (including phenoxy) is 2. The molecular weight excluding hydrogens is 358 g/mol. The minimum Gasteiger partial charge on any atom is -0.504 e. The number of aromatic hydroxyl groups is 2. The number of phenols is 2. The van der Waals surface area contributed by atoms with Crippen LogP contribution in [0.25, 0.3) is 22.4 Å². The third kappa shape index (κ3) is 3.48. The third-order valence-electron chi connectivity index (χ3n) is 4.21. The first-order valence-electron chi connectivity index (χ1n) is 8.52. The minimum absolute atomic E-state index is 0.00739. The highest BCUT2D eigenvalue weighted by Gasteiger charge is 2.16. The van der Waals surface area contributed by atoms with Gasteiger partial charge in [0.15, 0.2) is 23.0 Å². The Labute approximate surface area is 162 Å². The number of pyridine rings is 1. The van der Waals surface area contributed by atoms with E-state index in [-0.39, 0.29) is 22.9 Å². The van der Waals surface area contributed by atoms with E-state index >= 15 is 0 Å². The Bertz CT molecular complexity index is 1070. The summed E-state index contributed by atoms with van der Waals surface area (Å²) in [4.78, 5) is 4.32. The lowest BCUT2D eigenvalue weighted by Gasteiger charge is -2.13. The van der Waals surface area contributed by atoms with Crippen LogP contribution in [-0.2, 0) is 0 Å². The number of nitrogens with zero attached hydrogens (tertiary/aromatic N) is 2. The molecule has 0 saturated heterocycles. The highest BCUT2D eigenvalue weighted by atomic mass is 16.5. The molecule has 0 aliphatic rings.